The molecule has 0 bridgehead atoms. The Labute approximate surface area is 164 Å². The molecule has 0 spiro atoms. The maximum absolute atomic E-state index is 12.6. The van der Waals surface area contributed by atoms with E-state index in [-0.39, 0.29) is 23.8 Å². The molecule has 5 nitrogen and oxygen atoms in total. The number of rotatable bonds is 5. The Balaban J connectivity index is 1.57. The zero-order valence-corrected chi connectivity index (χ0v) is 16.1. The summed E-state index contributed by atoms with van der Waals surface area (Å²) in [7, 11) is 0. The van der Waals surface area contributed by atoms with Gasteiger partial charge in [-0.15, -0.1) is 0 Å². The summed E-state index contributed by atoms with van der Waals surface area (Å²) in [6, 6.07) is 16.2. The van der Waals surface area contributed by atoms with E-state index in [0.717, 1.165) is 25.1 Å². The Morgan fingerprint density at radius 2 is 1.81 bits per heavy atom. The van der Waals surface area contributed by atoms with Crippen LogP contribution in [0.25, 0.3) is 0 Å². The van der Waals surface area contributed by atoms with Crippen LogP contribution in [0.3, 0.4) is 0 Å². The molecule has 2 atom stereocenters. The Hall–Kier alpha value is -2.37. The molecular formula is C21H24ClN3O2. The number of carbonyl (C=O) groups is 2. The zero-order chi connectivity index (χ0) is 19.2. The lowest BCUT2D eigenvalue weighted by atomic mass is 9.95. The molecule has 0 unspecified atom stereocenters. The van der Waals surface area contributed by atoms with E-state index in [1.165, 1.54) is 0 Å². The van der Waals surface area contributed by atoms with E-state index in [9.17, 15) is 9.59 Å². The van der Waals surface area contributed by atoms with Crippen molar-refractivity contribution in [1.29, 1.82) is 0 Å². The van der Waals surface area contributed by atoms with Crippen LogP contribution in [0.2, 0.25) is 5.02 Å². The summed E-state index contributed by atoms with van der Waals surface area (Å²) in [6.45, 7) is 3.25. The summed E-state index contributed by atoms with van der Waals surface area (Å²) in [6.07, 6.45) is 1.72. The minimum absolute atomic E-state index is 0.00773. The molecule has 6 heteroatoms. The number of para-hydroxylation sites is 1. The number of anilines is 2. The second-order valence-electron chi connectivity index (χ2n) is 6.86. The smallest absolute Gasteiger partial charge is 0.241 e. The van der Waals surface area contributed by atoms with Crippen molar-refractivity contribution in [2.45, 2.75) is 25.8 Å². The van der Waals surface area contributed by atoms with Crippen molar-refractivity contribution < 1.29 is 9.59 Å². The molecule has 2 aromatic rings. The molecule has 0 aromatic heterocycles. The van der Waals surface area contributed by atoms with Crippen LogP contribution in [0.15, 0.2) is 54.6 Å². The van der Waals surface area contributed by atoms with Crippen molar-refractivity contribution in [3.63, 3.8) is 0 Å². The fraction of sp³-hybridized carbons (Fsp3) is 0.333. The molecule has 1 aliphatic rings. The second kappa shape index (κ2) is 9.02. The molecule has 27 heavy (non-hydrogen) atoms. The van der Waals surface area contributed by atoms with Crippen LogP contribution in [0.1, 0.15) is 19.8 Å². The standard InChI is InChI=1S/C21H24ClN3O2/c1-15(20(26)24-19-11-5-8-17(22)13-19)25-12-6-7-16(14-25)21(27)23-18-9-3-2-4-10-18/h2-5,8-11,13,15-16H,6-7,12,14H2,1H3,(H,23,27)(H,24,26)/t15-,16+/m1/s1. The number of nitrogens with zero attached hydrogens (tertiary/aromatic N) is 1. The molecule has 1 heterocycles. The molecule has 2 aromatic carbocycles. The highest BCUT2D eigenvalue weighted by molar-refractivity contribution is 6.30. The van der Waals surface area contributed by atoms with Crippen molar-refractivity contribution in [1.82, 2.24) is 4.90 Å². The molecule has 1 fully saturated rings. The number of piperidine rings is 1. The van der Waals surface area contributed by atoms with Crippen LogP contribution in [0.4, 0.5) is 11.4 Å². The van der Waals surface area contributed by atoms with Crippen LogP contribution >= 0.6 is 11.6 Å². The third-order valence-electron chi connectivity index (χ3n) is 4.88. The SMILES string of the molecule is C[C@H](C(=O)Nc1cccc(Cl)c1)N1CCC[C@H](C(=O)Nc2ccccc2)C1. The van der Waals surface area contributed by atoms with Crippen LogP contribution in [-0.2, 0) is 9.59 Å². The van der Waals surface area contributed by atoms with Gasteiger partial charge in [-0.25, -0.2) is 0 Å². The Kier molecular flexibility index (Phi) is 6.48. The van der Waals surface area contributed by atoms with Crippen LogP contribution in [-0.4, -0.2) is 35.8 Å². The molecule has 1 saturated heterocycles. The van der Waals surface area contributed by atoms with Gasteiger partial charge in [0.2, 0.25) is 11.8 Å². The summed E-state index contributed by atoms with van der Waals surface area (Å²) in [5, 5.41) is 6.44. The minimum atomic E-state index is -0.323. The van der Waals surface area contributed by atoms with E-state index >= 15 is 0 Å². The van der Waals surface area contributed by atoms with Crippen molar-refractivity contribution in [2.24, 2.45) is 5.92 Å². The molecule has 1 aliphatic heterocycles. The molecule has 0 aliphatic carbocycles. The van der Waals surface area contributed by atoms with E-state index in [2.05, 4.69) is 15.5 Å². The Morgan fingerprint density at radius 3 is 2.56 bits per heavy atom. The van der Waals surface area contributed by atoms with Gasteiger partial charge >= 0.3 is 0 Å². The van der Waals surface area contributed by atoms with Gasteiger partial charge in [-0.2, -0.15) is 0 Å². The van der Waals surface area contributed by atoms with Crippen molar-refractivity contribution in [3.8, 4) is 0 Å². The first-order chi connectivity index (χ1) is 13.0. The summed E-state index contributed by atoms with van der Waals surface area (Å²) in [4.78, 5) is 27.2. The zero-order valence-electron chi connectivity index (χ0n) is 15.3. The topological polar surface area (TPSA) is 61.4 Å². The normalized spacial score (nSPS) is 18.5. The van der Waals surface area contributed by atoms with Gasteiger partial charge in [-0.05, 0) is 56.6 Å². The summed E-state index contributed by atoms with van der Waals surface area (Å²) >= 11 is 5.97. The maximum Gasteiger partial charge on any atom is 0.241 e. The van der Waals surface area contributed by atoms with Gasteiger partial charge in [-0.1, -0.05) is 35.9 Å². The average molecular weight is 386 g/mol. The lowest BCUT2D eigenvalue weighted by Gasteiger charge is -2.35. The largest absolute Gasteiger partial charge is 0.326 e. The minimum Gasteiger partial charge on any atom is -0.326 e. The molecular weight excluding hydrogens is 362 g/mol. The van der Waals surface area contributed by atoms with Gasteiger partial charge in [0.25, 0.3) is 0 Å². The number of amides is 2. The number of benzene rings is 2. The average Bonchev–Trinajstić information content (AvgIpc) is 2.68. The van der Waals surface area contributed by atoms with Gasteiger partial charge in [0, 0.05) is 22.9 Å². The predicted octanol–water partition coefficient (Wildman–Crippen LogP) is 4.02. The third kappa shape index (κ3) is 5.31. The molecule has 2 N–H and O–H groups in total. The number of hydrogen-bond donors (Lipinski definition) is 2. The lowest BCUT2D eigenvalue weighted by Crippen LogP contribution is -2.49. The summed E-state index contributed by atoms with van der Waals surface area (Å²) < 4.78 is 0. The number of hydrogen-bond acceptors (Lipinski definition) is 3. The first-order valence-corrected chi connectivity index (χ1v) is 9.57. The molecule has 0 radical (unpaired) electrons. The quantitative estimate of drug-likeness (QED) is 0.817. The molecule has 0 saturated carbocycles. The number of halogens is 1. The number of likely N-dealkylation sites (tertiary alicyclic amines) is 1. The van der Waals surface area contributed by atoms with E-state index in [0.29, 0.717) is 17.3 Å². The fourth-order valence-corrected chi connectivity index (χ4v) is 3.51. The van der Waals surface area contributed by atoms with Crippen LogP contribution in [0.5, 0.6) is 0 Å². The first kappa shape index (κ1) is 19.4. The van der Waals surface area contributed by atoms with E-state index < -0.39 is 0 Å². The van der Waals surface area contributed by atoms with Gasteiger partial charge in [-0.3, -0.25) is 14.5 Å². The van der Waals surface area contributed by atoms with E-state index in [1.54, 1.807) is 18.2 Å². The van der Waals surface area contributed by atoms with Crippen molar-refractivity contribution in [3.05, 3.63) is 59.6 Å². The molecule has 3 rings (SSSR count). The highest BCUT2D eigenvalue weighted by Gasteiger charge is 2.31. The van der Waals surface area contributed by atoms with Crippen LogP contribution < -0.4 is 10.6 Å². The Morgan fingerprint density at radius 1 is 1.07 bits per heavy atom. The number of carbonyl (C=O) groups excluding carboxylic acids is 2. The van der Waals surface area contributed by atoms with Crippen LogP contribution in [0, 0.1) is 5.92 Å². The van der Waals surface area contributed by atoms with Gasteiger partial charge in [0.1, 0.15) is 0 Å². The second-order valence-corrected chi connectivity index (χ2v) is 7.30. The Bertz CT molecular complexity index is 797. The highest BCUT2D eigenvalue weighted by Crippen LogP contribution is 2.22. The van der Waals surface area contributed by atoms with Crippen molar-refractivity contribution in [2.75, 3.05) is 23.7 Å². The maximum atomic E-state index is 12.6. The van der Waals surface area contributed by atoms with E-state index in [4.69, 9.17) is 11.6 Å². The summed E-state index contributed by atoms with van der Waals surface area (Å²) in [5.74, 6) is -0.213. The monoisotopic (exact) mass is 385 g/mol. The first-order valence-electron chi connectivity index (χ1n) is 9.19. The molecule has 142 valence electrons. The number of nitrogens with one attached hydrogen (secondary N) is 2. The van der Waals surface area contributed by atoms with Gasteiger partial charge < -0.3 is 10.6 Å². The third-order valence-corrected chi connectivity index (χ3v) is 5.12. The summed E-state index contributed by atoms with van der Waals surface area (Å²) in [5.41, 5.74) is 1.47. The highest BCUT2D eigenvalue weighted by atomic mass is 35.5. The molecule has 2 amide bonds. The van der Waals surface area contributed by atoms with Gasteiger partial charge in [0.05, 0.1) is 12.0 Å². The van der Waals surface area contributed by atoms with E-state index in [1.807, 2.05) is 43.3 Å². The fourth-order valence-electron chi connectivity index (χ4n) is 3.32. The predicted molar refractivity (Wildman–Crippen MR) is 109 cm³/mol. The van der Waals surface area contributed by atoms with Crippen molar-refractivity contribution >= 4 is 34.8 Å². The van der Waals surface area contributed by atoms with Gasteiger partial charge in [0.15, 0.2) is 0 Å². The lowest BCUT2D eigenvalue weighted by molar-refractivity contribution is -0.125.